The molecule has 0 aliphatic carbocycles. The third-order valence-corrected chi connectivity index (χ3v) is 3.78. The Morgan fingerprint density at radius 1 is 1.19 bits per heavy atom. The summed E-state index contributed by atoms with van der Waals surface area (Å²) in [5.41, 5.74) is -0.774. The largest absolute Gasteiger partial charge is 0.449 e. The molecule has 0 saturated carbocycles. The molecule has 1 amide bonds. The van der Waals surface area contributed by atoms with Crippen molar-refractivity contribution < 1.29 is 27.5 Å². The maximum atomic E-state index is 12.8. The highest BCUT2D eigenvalue weighted by atomic mass is 35.5. The summed E-state index contributed by atoms with van der Waals surface area (Å²) in [7, 11) is 0. The maximum Gasteiger partial charge on any atom is 0.416 e. The van der Waals surface area contributed by atoms with Crippen LogP contribution < -0.4 is 5.32 Å². The minimum Gasteiger partial charge on any atom is -0.449 e. The van der Waals surface area contributed by atoms with E-state index in [0.717, 1.165) is 12.1 Å². The van der Waals surface area contributed by atoms with Crippen molar-refractivity contribution in [2.45, 2.75) is 19.2 Å². The monoisotopic (exact) mass is 396 g/mol. The van der Waals surface area contributed by atoms with Crippen LogP contribution in [-0.2, 0) is 15.7 Å². The zero-order valence-corrected chi connectivity index (χ0v) is 14.6. The van der Waals surface area contributed by atoms with Gasteiger partial charge in [-0.25, -0.2) is 4.79 Å². The Hall–Kier alpha value is -3.05. The van der Waals surface area contributed by atoms with E-state index < -0.39 is 29.7 Å². The molecule has 2 aromatic carbocycles. The number of halogens is 4. The van der Waals surface area contributed by atoms with E-state index in [9.17, 15) is 22.8 Å². The molecule has 0 saturated heterocycles. The van der Waals surface area contributed by atoms with Crippen LogP contribution in [0.4, 0.5) is 18.9 Å². The van der Waals surface area contributed by atoms with E-state index >= 15 is 0 Å². The molecule has 2 aromatic rings. The van der Waals surface area contributed by atoms with Crippen molar-refractivity contribution in [1.82, 2.24) is 0 Å². The Morgan fingerprint density at radius 3 is 2.37 bits per heavy atom. The van der Waals surface area contributed by atoms with Crippen LogP contribution in [0.25, 0.3) is 0 Å². The summed E-state index contributed by atoms with van der Waals surface area (Å²) in [6.07, 6.45) is -5.89. The summed E-state index contributed by atoms with van der Waals surface area (Å²) >= 11 is 5.81. The lowest BCUT2D eigenvalue weighted by Crippen LogP contribution is -2.30. The van der Waals surface area contributed by atoms with E-state index in [-0.39, 0.29) is 16.3 Å². The van der Waals surface area contributed by atoms with Gasteiger partial charge in [0.05, 0.1) is 33.5 Å². The van der Waals surface area contributed by atoms with Crippen molar-refractivity contribution in [3.63, 3.8) is 0 Å². The molecule has 0 unspecified atom stereocenters. The normalized spacial score (nSPS) is 12.0. The molecular formula is C18H12ClF3N2O3. The first-order valence-electron chi connectivity index (χ1n) is 7.50. The average Bonchev–Trinajstić information content (AvgIpc) is 2.62. The van der Waals surface area contributed by atoms with Gasteiger partial charge in [-0.3, -0.25) is 4.79 Å². The second-order valence-electron chi connectivity index (χ2n) is 5.42. The summed E-state index contributed by atoms with van der Waals surface area (Å²) < 4.78 is 43.3. The van der Waals surface area contributed by atoms with E-state index in [4.69, 9.17) is 21.6 Å². The zero-order chi connectivity index (χ0) is 20.2. The van der Waals surface area contributed by atoms with E-state index in [0.29, 0.717) is 11.6 Å². The van der Waals surface area contributed by atoms with E-state index in [1.807, 2.05) is 6.07 Å². The first kappa shape index (κ1) is 20.3. The predicted octanol–water partition coefficient (Wildman–Crippen LogP) is 4.41. The molecule has 1 N–H and O–H groups in total. The minimum absolute atomic E-state index is 0.0954. The van der Waals surface area contributed by atoms with Crippen LogP contribution in [0.2, 0.25) is 5.02 Å². The summed E-state index contributed by atoms with van der Waals surface area (Å²) in [5.74, 6) is -1.67. The molecule has 27 heavy (non-hydrogen) atoms. The summed E-state index contributed by atoms with van der Waals surface area (Å²) in [5, 5.41) is 10.8. The topological polar surface area (TPSA) is 79.2 Å². The quantitative estimate of drug-likeness (QED) is 0.776. The zero-order valence-electron chi connectivity index (χ0n) is 13.8. The highest BCUT2D eigenvalue weighted by Crippen LogP contribution is 2.33. The number of hydrogen-bond acceptors (Lipinski definition) is 4. The van der Waals surface area contributed by atoms with Gasteiger partial charge in [0.1, 0.15) is 0 Å². The lowest BCUT2D eigenvalue weighted by Gasteiger charge is -2.15. The SMILES string of the molecule is C[C@@H](OC(=O)c1ccc(C#N)cc1)C(=O)Nc1cc(C(F)(F)F)ccc1Cl. The fraction of sp³-hybridized carbons (Fsp3) is 0.167. The summed E-state index contributed by atoms with van der Waals surface area (Å²) in [6, 6.07) is 9.90. The molecule has 0 aliphatic heterocycles. The van der Waals surface area contributed by atoms with Gasteiger partial charge in [-0.1, -0.05) is 11.6 Å². The van der Waals surface area contributed by atoms with Crippen molar-refractivity contribution in [2.75, 3.05) is 5.32 Å². The number of amides is 1. The Morgan fingerprint density at radius 2 is 1.81 bits per heavy atom. The molecule has 0 bridgehead atoms. The molecule has 0 radical (unpaired) electrons. The van der Waals surface area contributed by atoms with Gasteiger partial charge < -0.3 is 10.1 Å². The van der Waals surface area contributed by atoms with E-state index in [1.165, 1.54) is 31.2 Å². The Balaban J connectivity index is 2.07. The van der Waals surface area contributed by atoms with Crippen LogP contribution in [0.5, 0.6) is 0 Å². The molecule has 140 valence electrons. The lowest BCUT2D eigenvalue weighted by molar-refractivity contribution is -0.137. The van der Waals surface area contributed by atoms with Crippen LogP contribution in [0.15, 0.2) is 42.5 Å². The maximum absolute atomic E-state index is 12.8. The Bertz CT molecular complexity index is 906. The van der Waals surface area contributed by atoms with Crippen LogP contribution in [0.3, 0.4) is 0 Å². The van der Waals surface area contributed by atoms with Gasteiger partial charge in [0.25, 0.3) is 5.91 Å². The van der Waals surface area contributed by atoms with Crippen LogP contribution in [-0.4, -0.2) is 18.0 Å². The van der Waals surface area contributed by atoms with Gasteiger partial charge in [-0.05, 0) is 49.4 Å². The van der Waals surface area contributed by atoms with Gasteiger partial charge in [-0.15, -0.1) is 0 Å². The molecule has 0 aliphatic rings. The molecule has 0 fully saturated rings. The fourth-order valence-electron chi connectivity index (χ4n) is 1.99. The number of esters is 1. The van der Waals surface area contributed by atoms with Crippen LogP contribution in [0, 0.1) is 11.3 Å². The Labute approximate surface area is 157 Å². The average molecular weight is 397 g/mol. The minimum atomic E-state index is -4.60. The predicted molar refractivity (Wildman–Crippen MR) is 91.1 cm³/mol. The number of anilines is 1. The van der Waals surface area contributed by atoms with Gasteiger partial charge in [0.2, 0.25) is 0 Å². The van der Waals surface area contributed by atoms with E-state index in [1.54, 1.807) is 0 Å². The number of carbonyl (C=O) groups is 2. The molecule has 2 rings (SSSR count). The van der Waals surface area contributed by atoms with Crippen molar-refractivity contribution >= 4 is 29.2 Å². The second kappa shape index (κ2) is 8.10. The fourth-order valence-corrected chi connectivity index (χ4v) is 2.16. The number of nitrogens with zero attached hydrogens (tertiary/aromatic N) is 1. The van der Waals surface area contributed by atoms with Crippen LogP contribution in [0.1, 0.15) is 28.4 Å². The summed E-state index contributed by atoms with van der Waals surface area (Å²) in [4.78, 5) is 24.1. The number of nitrogens with one attached hydrogen (secondary N) is 1. The van der Waals surface area contributed by atoms with Crippen LogP contribution >= 0.6 is 11.6 Å². The second-order valence-corrected chi connectivity index (χ2v) is 5.83. The molecule has 9 heteroatoms. The van der Waals surface area contributed by atoms with Crippen molar-refractivity contribution in [1.29, 1.82) is 5.26 Å². The van der Waals surface area contributed by atoms with Gasteiger partial charge >= 0.3 is 12.1 Å². The molecule has 0 aromatic heterocycles. The number of nitriles is 1. The number of alkyl halides is 3. The molecule has 0 heterocycles. The van der Waals surface area contributed by atoms with Gasteiger partial charge in [0, 0.05) is 0 Å². The summed E-state index contributed by atoms with van der Waals surface area (Å²) in [6.45, 7) is 1.26. The number of ether oxygens (including phenoxy) is 1. The van der Waals surface area contributed by atoms with Crippen molar-refractivity contribution in [3.05, 3.63) is 64.2 Å². The standard InChI is InChI=1S/C18H12ClF3N2O3/c1-10(27-17(26)12-4-2-11(9-23)3-5-12)16(25)24-15-8-13(18(20,21)22)6-7-14(15)19/h2-8,10H,1H3,(H,24,25)/t10-/m1/s1. The highest BCUT2D eigenvalue weighted by molar-refractivity contribution is 6.33. The highest BCUT2D eigenvalue weighted by Gasteiger charge is 2.31. The number of carbonyl (C=O) groups excluding carboxylic acids is 2. The number of benzene rings is 2. The third-order valence-electron chi connectivity index (χ3n) is 3.45. The molecule has 0 spiro atoms. The smallest absolute Gasteiger partial charge is 0.416 e. The van der Waals surface area contributed by atoms with Crippen molar-refractivity contribution in [3.8, 4) is 6.07 Å². The van der Waals surface area contributed by atoms with Crippen molar-refractivity contribution in [2.24, 2.45) is 0 Å². The lowest BCUT2D eigenvalue weighted by atomic mass is 10.1. The number of rotatable bonds is 4. The number of hydrogen-bond donors (Lipinski definition) is 1. The Kier molecular flexibility index (Phi) is 6.08. The molecular weight excluding hydrogens is 385 g/mol. The van der Waals surface area contributed by atoms with E-state index in [2.05, 4.69) is 5.32 Å². The molecule has 5 nitrogen and oxygen atoms in total. The molecule has 1 atom stereocenters. The third kappa shape index (κ3) is 5.21. The van der Waals surface area contributed by atoms with Gasteiger partial charge in [0.15, 0.2) is 6.10 Å². The first-order valence-corrected chi connectivity index (χ1v) is 7.88. The first-order chi connectivity index (χ1) is 12.6. The van der Waals surface area contributed by atoms with Gasteiger partial charge in [-0.2, -0.15) is 18.4 Å².